The molecule has 0 radical (unpaired) electrons. The number of aliphatic hydroxyl groups excluding tert-OH is 1. The number of amidine groups is 1. The third-order valence-corrected chi connectivity index (χ3v) is 2.87. The minimum Gasteiger partial charge on any atom is -0.492 e. The highest BCUT2D eigenvalue weighted by Crippen LogP contribution is 2.11. The summed E-state index contributed by atoms with van der Waals surface area (Å²) in [5, 5.41) is 16.3. The molecule has 0 aliphatic rings. The number of rotatable bonds is 10. The van der Waals surface area contributed by atoms with Crippen molar-refractivity contribution < 1.29 is 14.6 Å². The van der Waals surface area contributed by atoms with Crippen molar-refractivity contribution in [1.29, 1.82) is 5.41 Å². The highest BCUT2D eigenvalue weighted by Gasteiger charge is 2.04. The summed E-state index contributed by atoms with van der Waals surface area (Å²) in [5.41, 5.74) is 6.06. The van der Waals surface area contributed by atoms with Crippen LogP contribution in [0.2, 0.25) is 0 Å². The highest BCUT2D eigenvalue weighted by molar-refractivity contribution is 5.94. The van der Waals surface area contributed by atoms with Crippen molar-refractivity contribution in [3.05, 3.63) is 29.8 Å². The lowest BCUT2D eigenvalue weighted by atomic mass is 10.2. The molecule has 0 amide bonds. The maximum Gasteiger partial charge on any atom is 0.122 e. The van der Waals surface area contributed by atoms with Gasteiger partial charge in [0.05, 0.1) is 13.2 Å². The van der Waals surface area contributed by atoms with Crippen LogP contribution >= 0.6 is 0 Å². The number of nitrogens with zero attached hydrogens (tertiary/aromatic N) is 1. The molecule has 1 rings (SSSR count). The van der Waals surface area contributed by atoms with E-state index in [-0.39, 0.29) is 12.4 Å². The first-order chi connectivity index (χ1) is 9.67. The maximum atomic E-state index is 8.98. The molecule has 20 heavy (non-hydrogen) atoms. The van der Waals surface area contributed by atoms with E-state index < -0.39 is 0 Å². The van der Waals surface area contributed by atoms with Gasteiger partial charge in [0.2, 0.25) is 0 Å². The molecule has 4 N–H and O–H groups in total. The largest absolute Gasteiger partial charge is 0.492 e. The molecule has 0 spiro atoms. The number of hydrogen-bond donors (Lipinski definition) is 3. The van der Waals surface area contributed by atoms with E-state index in [2.05, 4.69) is 4.90 Å². The molecule has 0 bridgehead atoms. The minimum absolute atomic E-state index is 0.0465. The van der Waals surface area contributed by atoms with E-state index in [1.165, 1.54) is 0 Å². The maximum absolute atomic E-state index is 8.98. The first-order valence-corrected chi connectivity index (χ1v) is 6.56. The topological polar surface area (TPSA) is 91.8 Å². The molecule has 0 heterocycles. The molecule has 112 valence electrons. The van der Waals surface area contributed by atoms with Gasteiger partial charge in [-0.25, -0.2) is 0 Å². The van der Waals surface area contributed by atoms with Crippen molar-refractivity contribution in [1.82, 2.24) is 4.90 Å². The van der Waals surface area contributed by atoms with E-state index >= 15 is 0 Å². The van der Waals surface area contributed by atoms with E-state index in [4.69, 9.17) is 25.7 Å². The third kappa shape index (κ3) is 6.01. The normalized spacial score (nSPS) is 10.8. The average Bonchev–Trinajstić information content (AvgIpc) is 2.45. The van der Waals surface area contributed by atoms with E-state index in [1.54, 1.807) is 31.4 Å². The first-order valence-electron chi connectivity index (χ1n) is 6.56. The van der Waals surface area contributed by atoms with Crippen LogP contribution in [0, 0.1) is 5.41 Å². The zero-order valence-electron chi connectivity index (χ0n) is 11.8. The second kappa shape index (κ2) is 9.30. The van der Waals surface area contributed by atoms with Crippen LogP contribution in [0.25, 0.3) is 0 Å². The number of nitrogen functional groups attached to an aromatic ring is 1. The summed E-state index contributed by atoms with van der Waals surface area (Å²) in [6.07, 6.45) is 0. The Balaban J connectivity index is 2.35. The van der Waals surface area contributed by atoms with Crippen LogP contribution in [-0.4, -0.2) is 62.4 Å². The number of nitrogens with two attached hydrogens (primary N) is 1. The Morgan fingerprint density at radius 2 is 1.85 bits per heavy atom. The van der Waals surface area contributed by atoms with E-state index in [0.29, 0.717) is 25.3 Å². The van der Waals surface area contributed by atoms with Crippen molar-refractivity contribution in [2.75, 3.05) is 46.6 Å². The van der Waals surface area contributed by atoms with Gasteiger partial charge in [-0.2, -0.15) is 0 Å². The molecule has 0 fully saturated rings. The van der Waals surface area contributed by atoms with Crippen LogP contribution in [0.15, 0.2) is 24.3 Å². The molecule has 0 aliphatic heterocycles. The highest BCUT2D eigenvalue weighted by atomic mass is 16.5. The Bertz CT molecular complexity index is 395. The quantitative estimate of drug-likeness (QED) is 0.423. The molecular weight excluding hydrogens is 258 g/mol. The predicted octanol–water partition coefficient (Wildman–Crippen LogP) is 0.290. The third-order valence-electron chi connectivity index (χ3n) is 2.87. The summed E-state index contributed by atoms with van der Waals surface area (Å²) in [6.45, 7) is 3.38. The summed E-state index contributed by atoms with van der Waals surface area (Å²) < 4.78 is 10.6. The van der Waals surface area contributed by atoms with Crippen LogP contribution in [0.1, 0.15) is 5.56 Å². The van der Waals surface area contributed by atoms with Gasteiger partial charge < -0.3 is 20.3 Å². The van der Waals surface area contributed by atoms with Crippen molar-refractivity contribution in [2.45, 2.75) is 0 Å². The van der Waals surface area contributed by atoms with Gasteiger partial charge in [0.15, 0.2) is 0 Å². The summed E-state index contributed by atoms with van der Waals surface area (Å²) in [7, 11) is 1.66. The van der Waals surface area contributed by atoms with Crippen LogP contribution in [0.3, 0.4) is 0 Å². The molecule has 0 atom stereocenters. The Morgan fingerprint density at radius 1 is 1.20 bits per heavy atom. The molecule has 0 saturated heterocycles. The average molecular weight is 281 g/mol. The Labute approximate surface area is 119 Å². The first kappa shape index (κ1) is 16.4. The van der Waals surface area contributed by atoms with Crippen LogP contribution in [0.5, 0.6) is 5.75 Å². The lowest BCUT2D eigenvalue weighted by molar-refractivity contribution is 0.118. The van der Waals surface area contributed by atoms with E-state index in [1.807, 2.05) is 0 Å². The van der Waals surface area contributed by atoms with Crippen LogP contribution < -0.4 is 10.5 Å². The summed E-state index contributed by atoms with van der Waals surface area (Å²) in [5.74, 6) is 0.788. The zero-order valence-corrected chi connectivity index (χ0v) is 11.8. The molecule has 1 aromatic rings. The fraction of sp³-hybridized carbons (Fsp3) is 0.500. The number of ether oxygens (including phenoxy) is 2. The Kier molecular flexibility index (Phi) is 7.64. The van der Waals surface area contributed by atoms with Gasteiger partial charge in [0.25, 0.3) is 0 Å². The number of methoxy groups -OCH3 is 1. The molecule has 6 nitrogen and oxygen atoms in total. The SMILES string of the molecule is COCCN(CCO)CCOc1ccc(C(=N)N)cc1. The zero-order chi connectivity index (χ0) is 14.8. The number of hydrogen-bond acceptors (Lipinski definition) is 5. The molecule has 0 aliphatic carbocycles. The summed E-state index contributed by atoms with van der Waals surface area (Å²) >= 11 is 0. The van der Waals surface area contributed by atoms with Gasteiger partial charge in [0, 0.05) is 32.3 Å². The van der Waals surface area contributed by atoms with Crippen LogP contribution in [0.4, 0.5) is 0 Å². The molecular formula is C14H23N3O3. The fourth-order valence-corrected chi connectivity index (χ4v) is 1.72. The lowest BCUT2D eigenvalue weighted by Gasteiger charge is -2.20. The van der Waals surface area contributed by atoms with Crippen molar-refractivity contribution >= 4 is 5.84 Å². The van der Waals surface area contributed by atoms with Crippen molar-refractivity contribution in [3.63, 3.8) is 0 Å². The number of benzene rings is 1. The second-order valence-electron chi connectivity index (χ2n) is 4.34. The summed E-state index contributed by atoms with van der Waals surface area (Å²) in [4.78, 5) is 2.08. The summed E-state index contributed by atoms with van der Waals surface area (Å²) in [6, 6.07) is 7.10. The Hall–Kier alpha value is -1.63. The molecule has 0 aromatic heterocycles. The fourth-order valence-electron chi connectivity index (χ4n) is 1.72. The lowest BCUT2D eigenvalue weighted by Crippen LogP contribution is -2.33. The van der Waals surface area contributed by atoms with Gasteiger partial charge in [-0.3, -0.25) is 10.3 Å². The number of nitrogens with one attached hydrogen (secondary N) is 1. The van der Waals surface area contributed by atoms with Gasteiger partial charge in [-0.05, 0) is 24.3 Å². The number of aliphatic hydroxyl groups is 1. The van der Waals surface area contributed by atoms with E-state index in [9.17, 15) is 0 Å². The van der Waals surface area contributed by atoms with Crippen molar-refractivity contribution in [2.24, 2.45) is 5.73 Å². The predicted molar refractivity (Wildman–Crippen MR) is 78.4 cm³/mol. The molecule has 0 unspecified atom stereocenters. The van der Waals surface area contributed by atoms with E-state index in [0.717, 1.165) is 18.8 Å². The minimum atomic E-state index is 0.0465. The smallest absolute Gasteiger partial charge is 0.122 e. The second-order valence-corrected chi connectivity index (χ2v) is 4.34. The van der Waals surface area contributed by atoms with Crippen LogP contribution in [-0.2, 0) is 4.74 Å². The molecule has 6 heteroatoms. The monoisotopic (exact) mass is 281 g/mol. The molecule has 0 saturated carbocycles. The van der Waals surface area contributed by atoms with Crippen molar-refractivity contribution in [3.8, 4) is 5.75 Å². The van der Waals surface area contributed by atoms with Gasteiger partial charge >= 0.3 is 0 Å². The molecule has 1 aromatic carbocycles. The van der Waals surface area contributed by atoms with Gasteiger partial charge in [-0.1, -0.05) is 0 Å². The van der Waals surface area contributed by atoms with Gasteiger partial charge in [-0.15, -0.1) is 0 Å². The van der Waals surface area contributed by atoms with Gasteiger partial charge in [0.1, 0.15) is 18.2 Å². The standard InChI is InChI=1S/C14H23N3O3/c1-19-10-7-17(6-9-18)8-11-20-13-4-2-12(3-5-13)14(15)16/h2-5,18H,6-11H2,1H3,(H3,15,16). The Morgan fingerprint density at radius 3 is 2.40 bits per heavy atom.